The van der Waals surface area contributed by atoms with Crippen LogP contribution < -0.4 is 5.73 Å². The van der Waals surface area contributed by atoms with Gasteiger partial charge in [0, 0.05) is 6.04 Å². The molecule has 1 aromatic rings. The van der Waals surface area contributed by atoms with Gasteiger partial charge in [-0.25, -0.2) is 0 Å². The van der Waals surface area contributed by atoms with Gasteiger partial charge in [0.15, 0.2) is 0 Å². The minimum atomic E-state index is -0.315. The average molecular weight is 251 g/mol. The van der Waals surface area contributed by atoms with Gasteiger partial charge in [-0.1, -0.05) is 30.3 Å². The van der Waals surface area contributed by atoms with Gasteiger partial charge in [-0.15, -0.1) is 0 Å². The van der Waals surface area contributed by atoms with E-state index in [2.05, 4.69) is 0 Å². The first-order valence-corrected chi connectivity index (χ1v) is 6.17. The molecule has 0 aliphatic heterocycles. The van der Waals surface area contributed by atoms with Crippen LogP contribution in [-0.4, -0.2) is 25.3 Å². The first-order valence-electron chi connectivity index (χ1n) is 6.17. The predicted molar refractivity (Wildman–Crippen MR) is 70.0 cm³/mol. The molecule has 0 aromatic heterocycles. The van der Waals surface area contributed by atoms with Crippen LogP contribution in [0.4, 0.5) is 0 Å². The molecule has 4 heteroatoms. The Bertz CT molecular complexity index is 351. The molecule has 0 saturated heterocycles. The number of hydrogen-bond donors (Lipinski definition) is 1. The predicted octanol–water partition coefficient (Wildman–Crippen LogP) is 2.04. The summed E-state index contributed by atoms with van der Waals surface area (Å²) in [5, 5.41) is 0. The number of rotatable bonds is 7. The standard InChI is InChI=1S/C14H21NO3/c1-11(2)17-8-9-18-14(16)10-13(15)12-6-4-3-5-7-12/h3-7,11,13H,8-10,15H2,1-2H3. The zero-order chi connectivity index (χ0) is 13.4. The maximum atomic E-state index is 11.5. The number of esters is 1. The molecule has 1 unspecified atom stereocenters. The van der Waals surface area contributed by atoms with E-state index in [-0.39, 0.29) is 31.1 Å². The van der Waals surface area contributed by atoms with Crippen molar-refractivity contribution in [1.82, 2.24) is 0 Å². The van der Waals surface area contributed by atoms with Gasteiger partial charge in [0.25, 0.3) is 0 Å². The lowest BCUT2D eigenvalue weighted by Crippen LogP contribution is -2.19. The summed E-state index contributed by atoms with van der Waals surface area (Å²) < 4.78 is 10.3. The van der Waals surface area contributed by atoms with Crippen LogP contribution in [0.1, 0.15) is 31.9 Å². The van der Waals surface area contributed by atoms with Gasteiger partial charge in [-0.05, 0) is 19.4 Å². The fourth-order valence-corrected chi connectivity index (χ4v) is 1.50. The fraction of sp³-hybridized carbons (Fsp3) is 0.500. The highest BCUT2D eigenvalue weighted by atomic mass is 16.6. The summed E-state index contributed by atoms with van der Waals surface area (Å²) in [6.07, 6.45) is 0.335. The molecule has 0 saturated carbocycles. The number of hydrogen-bond acceptors (Lipinski definition) is 4. The number of carbonyl (C=O) groups excluding carboxylic acids is 1. The van der Waals surface area contributed by atoms with Crippen molar-refractivity contribution >= 4 is 5.97 Å². The zero-order valence-electron chi connectivity index (χ0n) is 11.0. The minimum Gasteiger partial charge on any atom is -0.463 e. The maximum absolute atomic E-state index is 11.5. The second-order valence-corrected chi connectivity index (χ2v) is 4.36. The van der Waals surface area contributed by atoms with Crippen LogP contribution in [0.3, 0.4) is 0 Å². The molecule has 0 radical (unpaired) electrons. The van der Waals surface area contributed by atoms with Gasteiger partial charge in [0.05, 0.1) is 19.1 Å². The number of ether oxygens (including phenoxy) is 2. The lowest BCUT2D eigenvalue weighted by molar-refractivity contribution is -0.146. The van der Waals surface area contributed by atoms with E-state index in [9.17, 15) is 4.79 Å². The lowest BCUT2D eigenvalue weighted by atomic mass is 10.1. The molecule has 0 aliphatic carbocycles. The molecular formula is C14H21NO3. The highest BCUT2D eigenvalue weighted by molar-refractivity contribution is 5.70. The molecule has 2 N–H and O–H groups in total. The molecule has 18 heavy (non-hydrogen) atoms. The summed E-state index contributed by atoms with van der Waals surface area (Å²) in [7, 11) is 0. The molecule has 1 rings (SSSR count). The lowest BCUT2D eigenvalue weighted by Gasteiger charge is -2.12. The van der Waals surface area contributed by atoms with Gasteiger partial charge in [-0.2, -0.15) is 0 Å². The van der Waals surface area contributed by atoms with Crippen LogP contribution in [0.25, 0.3) is 0 Å². The van der Waals surface area contributed by atoms with E-state index in [1.54, 1.807) is 0 Å². The largest absolute Gasteiger partial charge is 0.463 e. The first-order chi connectivity index (χ1) is 8.59. The molecule has 0 fully saturated rings. The van der Waals surface area contributed by atoms with Crippen molar-refractivity contribution in [2.45, 2.75) is 32.4 Å². The highest BCUT2D eigenvalue weighted by Gasteiger charge is 2.12. The van der Waals surface area contributed by atoms with Crippen molar-refractivity contribution in [2.75, 3.05) is 13.2 Å². The van der Waals surface area contributed by atoms with E-state index in [0.717, 1.165) is 5.56 Å². The molecule has 0 aliphatic rings. The van der Waals surface area contributed by atoms with Crippen LogP contribution in [0.5, 0.6) is 0 Å². The maximum Gasteiger partial charge on any atom is 0.307 e. The van der Waals surface area contributed by atoms with Crippen LogP contribution in [-0.2, 0) is 14.3 Å². The summed E-state index contributed by atoms with van der Waals surface area (Å²) in [5.74, 6) is -0.293. The summed E-state index contributed by atoms with van der Waals surface area (Å²) in [6, 6.07) is 9.20. The van der Waals surface area contributed by atoms with E-state index in [1.807, 2.05) is 44.2 Å². The third-order valence-corrected chi connectivity index (χ3v) is 2.41. The summed E-state index contributed by atoms with van der Waals surface area (Å²) in [5.41, 5.74) is 6.85. The topological polar surface area (TPSA) is 61.5 Å². The second-order valence-electron chi connectivity index (χ2n) is 4.36. The van der Waals surface area contributed by atoms with Gasteiger partial charge in [0.1, 0.15) is 6.61 Å². The Balaban J connectivity index is 2.24. The molecular weight excluding hydrogens is 230 g/mol. The van der Waals surface area contributed by atoms with Crippen molar-refractivity contribution in [2.24, 2.45) is 5.73 Å². The number of nitrogens with two attached hydrogens (primary N) is 1. The van der Waals surface area contributed by atoms with Gasteiger partial charge < -0.3 is 15.2 Å². The Morgan fingerprint density at radius 2 is 1.89 bits per heavy atom. The molecule has 0 bridgehead atoms. The van der Waals surface area contributed by atoms with Crippen LogP contribution >= 0.6 is 0 Å². The zero-order valence-corrected chi connectivity index (χ0v) is 11.0. The summed E-state index contributed by atoms with van der Waals surface area (Å²) in [6.45, 7) is 4.57. The quantitative estimate of drug-likeness (QED) is 0.595. The second kappa shape index (κ2) is 7.84. The molecule has 4 nitrogen and oxygen atoms in total. The van der Waals surface area contributed by atoms with E-state index >= 15 is 0 Å². The molecule has 1 atom stereocenters. The van der Waals surface area contributed by atoms with E-state index < -0.39 is 0 Å². The molecule has 1 aromatic carbocycles. The van der Waals surface area contributed by atoms with Gasteiger partial charge in [-0.3, -0.25) is 4.79 Å². The Labute approximate surface area is 108 Å². The molecule has 0 heterocycles. The van der Waals surface area contributed by atoms with Crippen LogP contribution in [0, 0.1) is 0 Å². The van der Waals surface area contributed by atoms with E-state index in [4.69, 9.17) is 15.2 Å². The van der Waals surface area contributed by atoms with E-state index in [1.165, 1.54) is 0 Å². The number of carbonyl (C=O) groups is 1. The normalized spacial score (nSPS) is 12.4. The molecule has 100 valence electrons. The van der Waals surface area contributed by atoms with Gasteiger partial charge >= 0.3 is 5.97 Å². The number of benzene rings is 1. The molecule has 0 spiro atoms. The highest BCUT2D eigenvalue weighted by Crippen LogP contribution is 2.13. The van der Waals surface area contributed by atoms with Crippen molar-refractivity contribution in [3.8, 4) is 0 Å². The SMILES string of the molecule is CC(C)OCCOC(=O)CC(N)c1ccccc1. The van der Waals surface area contributed by atoms with Crippen molar-refractivity contribution in [3.63, 3.8) is 0 Å². The van der Waals surface area contributed by atoms with E-state index in [0.29, 0.717) is 6.61 Å². The monoisotopic (exact) mass is 251 g/mol. The van der Waals surface area contributed by atoms with Gasteiger partial charge in [0.2, 0.25) is 0 Å². The van der Waals surface area contributed by atoms with Crippen molar-refractivity contribution in [1.29, 1.82) is 0 Å². The Morgan fingerprint density at radius 1 is 1.22 bits per heavy atom. The third kappa shape index (κ3) is 5.80. The smallest absolute Gasteiger partial charge is 0.307 e. The fourth-order valence-electron chi connectivity index (χ4n) is 1.50. The Hall–Kier alpha value is -1.39. The third-order valence-electron chi connectivity index (χ3n) is 2.41. The van der Waals surface area contributed by atoms with Crippen molar-refractivity contribution in [3.05, 3.63) is 35.9 Å². The Kier molecular flexibility index (Phi) is 6.39. The Morgan fingerprint density at radius 3 is 2.50 bits per heavy atom. The summed E-state index contributed by atoms with van der Waals surface area (Å²) >= 11 is 0. The average Bonchev–Trinajstić information content (AvgIpc) is 2.35. The minimum absolute atomic E-state index is 0.148. The van der Waals surface area contributed by atoms with Crippen LogP contribution in [0.2, 0.25) is 0 Å². The van der Waals surface area contributed by atoms with Crippen LogP contribution in [0.15, 0.2) is 30.3 Å². The van der Waals surface area contributed by atoms with Crippen molar-refractivity contribution < 1.29 is 14.3 Å². The summed E-state index contributed by atoms with van der Waals surface area (Å²) in [4.78, 5) is 11.5. The molecule has 0 amide bonds. The first kappa shape index (κ1) is 14.7.